The fraction of sp³-hybridized carbons (Fsp3) is 0.731. The minimum absolute atomic E-state index is 0.0778. The van der Waals surface area contributed by atoms with Crippen LogP contribution < -0.4 is 44.2 Å². The molecule has 1 aliphatic rings. The summed E-state index contributed by atoms with van der Waals surface area (Å²) >= 11 is 4.18. The molecule has 45 heavy (non-hydrogen) atoms. The number of carbonyl (C=O) groups excluding carboxylic acids is 5. The highest BCUT2D eigenvalue weighted by atomic mass is 32.1. The molecule has 1 aliphatic heterocycles. The summed E-state index contributed by atoms with van der Waals surface area (Å²) in [6.45, 7) is 1.58. The zero-order valence-electron chi connectivity index (χ0n) is 25.4. The number of carboxylic acid groups (broad SMARTS) is 1. The maximum absolute atomic E-state index is 13.4. The van der Waals surface area contributed by atoms with E-state index in [0.29, 0.717) is 25.8 Å². The maximum Gasteiger partial charge on any atom is 0.326 e. The lowest BCUT2D eigenvalue weighted by molar-refractivity contribution is -0.145. The van der Waals surface area contributed by atoms with Gasteiger partial charge in [0.1, 0.15) is 30.2 Å². The number of amides is 5. The number of aliphatic hydroxyl groups is 1. The summed E-state index contributed by atoms with van der Waals surface area (Å²) in [5.41, 5.74) is 21.4. The number of nitrogens with two attached hydrogens (primary N) is 4. The molecule has 1 fully saturated rings. The Morgan fingerprint density at radius 1 is 0.933 bits per heavy atom. The second kappa shape index (κ2) is 20.4. The molecule has 0 aliphatic carbocycles. The summed E-state index contributed by atoms with van der Waals surface area (Å²) in [6, 6.07) is -6.04. The Kier molecular flexibility index (Phi) is 17.8. The average molecular weight is 661 g/mol. The molecule has 0 bridgehead atoms. The van der Waals surface area contributed by atoms with Crippen molar-refractivity contribution in [1.82, 2.24) is 26.2 Å². The summed E-state index contributed by atoms with van der Waals surface area (Å²) in [6.07, 6.45) is 0.950. The number of rotatable bonds is 20. The first-order valence-electron chi connectivity index (χ1n) is 14.7. The van der Waals surface area contributed by atoms with E-state index in [-0.39, 0.29) is 50.5 Å². The Hall–Kier alpha value is -3.68. The lowest BCUT2D eigenvalue weighted by Gasteiger charge is -2.30. The van der Waals surface area contributed by atoms with Crippen molar-refractivity contribution < 1.29 is 39.0 Å². The molecule has 19 heteroatoms. The van der Waals surface area contributed by atoms with Gasteiger partial charge in [0.15, 0.2) is 5.96 Å². The number of aliphatic imine (C=N–C) groups is 1. The standard InChI is InChI=1S/C26H48N10O8S/c1-14(37)20(35-21(39)15(32-19(38)12-28)7-4-10-31-26(29)30)23(41)34-17(13-45)24(42)36-11-5-8-18(36)22(40)33-16(25(43)44)6-2-3-9-27/h14-18,20,37,45H,2-13,27-28H2,1H3,(H,32,38)(H,33,40)(H,34,41)(H,35,39)(H,43,44)(H4,29,30,31)/t14-,15+,16+,17+,18+,20+/m1/s1. The number of nitrogens with one attached hydrogen (secondary N) is 4. The fourth-order valence-corrected chi connectivity index (χ4v) is 4.90. The van der Waals surface area contributed by atoms with E-state index in [2.05, 4.69) is 38.9 Å². The van der Waals surface area contributed by atoms with Gasteiger partial charge in [-0.25, -0.2) is 4.79 Å². The van der Waals surface area contributed by atoms with E-state index in [1.807, 2.05) is 0 Å². The fourth-order valence-electron chi connectivity index (χ4n) is 4.65. The molecule has 0 saturated carbocycles. The van der Waals surface area contributed by atoms with Crippen molar-refractivity contribution in [3.63, 3.8) is 0 Å². The Balaban J connectivity index is 2.98. The Bertz CT molecular complexity index is 1060. The van der Waals surface area contributed by atoms with Crippen LogP contribution in [-0.2, 0) is 28.8 Å². The molecule has 1 saturated heterocycles. The predicted octanol–water partition coefficient (Wildman–Crippen LogP) is -4.55. The van der Waals surface area contributed by atoms with Gasteiger partial charge in [-0.1, -0.05) is 0 Å². The van der Waals surface area contributed by atoms with Crippen LogP contribution in [0.25, 0.3) is 0 Å². The van der Waals surface area contributed by atoms with Crippen molar-refractivity contribution >= 4 is 54.1 Å². The van der Waals surface area contributed by atoms with Crippen LogP contribution in [0.15, 0.2) is 4.99 Å². The van der Waals surface area contributed by atoms with E-state index in [9.17, 15) is 39.0 Å². The monoisotopic (exact) mass is 660 g/mol. The quantitative estimate of drug-likeness (QED) is 0.0255. The van der Waals surface area contributed by atoms with Gasteiger partial charge in [0.25, 0.3) is 0 Å². The van der Waals surface area contributed by atoms with E-state index < -0.39 is 78.4 Å². The number of aliphatic carboxylic acids is 1. The van der Waals surface area contributed by atoms with Gasteiger partial charge < -0.3 is 59.3 Å². The number of aliphatic hydroxyl groups excluding tert-OH is 1. The molecule has 18 nitrogen and oxygen atoms in total. The van der Waals surface area contributed by atoms with Gasteiger partial charge in [-0.2, -0.15) is 12.6 Å². The molecule has 0 aromatic rings. The Morgan fingerprint density at radius 2 is 1.60 bits per heavy atom. The molecular formula is C26H48N10O8S. The highest BCUT2D eigenvalue weighted by Gasteiger charge is 2.39. The highest BCUT2D eigenvalue weighted by molar-refractivity contribution is 7.80. The highest BCUT2D eigenvalue weighted by Crippen LogP contribution is 2.20. The van der Waals surface area contributed by atoms with Crippen LogP contribution in [0.2, 0.25) is 0 Å². The summed E-state index contributed by atoms with van der Waals surface area (Å²) in [5, 5.41) is 29.6. The summed E-state index contributed by atoms with van der Waals surface area (Å²) in [7, 11) is 0. The topological polar surface area (TPSA) is 311 Å². The molecule has 6 atom stereocenters. The number of thiol groups is 1. The van der Waals surface area contributed by atoms with E-state index in [0.717, 1.165) is 0 Å². The average Bonchev–Trinajstić information content (AvgIpc) is 3.48. The lowest BCUT2D eigenvalue weighted by Crippen LogP contribution is -2.61. The summed E-state index contributed by atoms with van der Waals surface area (Å²) in [5.74, 6) is -5.17. The van der Waals surface area contributed by atoms with Crippen molar-refractivity contribution in [2.75, 3.05) is 31.9 Å². The molecule has 14 N–H and O–H groups in total. The third kappa shape index (κ3) is 13.5. The predicted molar refractivity (Wildman–Crippen MR) is 167 cm³/mol. The zero-order chi connectivity index (χ0) is 34.1. The first-order chi connectivity index (χ1) is 21.3. The minimum Gasteiger partial charge on any atom is -0.480 e. The van der Waals surface area contributed by atoms with Crippen LogP contribution in [0.5, 0.6) is 0 Å². The number of hydrogen-bond donors (Lipinski definition) is 11. The van der Waals surface area contributed by atoms with Crippen LogP contribution in [0.1, 0.15) is 51.9 Å². The maximum atomic E-state index is 13.4. The van der Waals surface area contributed by atoms with Crippen molar-refractivity contribution in [2.24, 2.45) is 27.9 Å². The minimum atomic E-state index is -1.54. The smallest absolute Gasteiger partial charge is 0.326 e. The largest absolute Gasteiger partial charge is 0.480 e. The van der Waals surface area contributed by atoms with Gasteiger partial charge in [0.2, 0.25) is 29.5 Å². The van der Waals surface area contributed by atoms with Crippen LogP contribution in [0.3, 0.4) is 0 Å². The number of carbonyl (C=O) groups is 6. The first kappa shape index (κ1) is 39.3. The van der Waals surface area contributed by atoms with E-state index in [1.165, 1.54) is 11.8 Å². The number of carboxylic acids is 1. The normalized spacial score (nSPS) is 17.6. The van der Waals surface area contributed by atoms with Crippen molar-refractivity contribution in [2.45, 2.75) is 88.2 Å². The third-order valence-corrected chi connectivity index (χ3v) is 7.41. The van der Waals surface area contributed by atoms with Crippen LogP contribution in [0.4, 0.5) is 0 Å². The molecule has 0 radical (unpaired) electrons. The Morgan fingerprint density at radius 3 is 2.16 bits per heavy atom. The molecule has 0 spiro atoms. The van der Waals surface area contributed by atoms with Crippen molar-refractivity contribution in [3.8, 4) is 0 Å². The Labute approximate surface area is 267 Å². The number of nitrogens with zero attached hydrogens (tertiary/aromatic N) is 2. The number of hydrogen-bond acceptors (Lipinski definition) is 11. The van der Waals surface area contributed by atoms with Gasteiger partial charge in [-0.05, 0) is 58.4 Å². The van der Waals surface area contributed by atoms with E-state index in [1.54, 1.807) is 0 Å². The SMILES string of the molecule is C[C@@H](O)[C@H](NC(=O)[C@H](CCCN=C(N)N)NC(=O)CN)C(=O)N[C@@H](CS)C(=O)N1CCC[C@H]1C(=O)N[C@@H](CCCCN)C(=O)O. The van der Waals surface area contributed by atoms with Gasteiger partial charge in [0.05, 0.1) is 12.6 Å². The van der Waals surface area contributed by atoms with Gasteiger partial charge in [0, 0.05) is 18.8 Å². The number of likely N-dealkylation sites (tertiary alicyclic amines) is 1. The molecule has 0 aromatic carbocycles. The molecule has 1 rings (SSSR count). The summed E-state index contributed by atoms with van der Waals surface area (Å²) < 4.78 is 0. The van der Waals surface area contributed by atoms with E-state index >= 15 is 0 Å². The first-order valence-corrected chi connectivity index (χ1v) is 15.4. The third-order valence-electron chi connectivity index (χ3n) is 7.04. The van der Waals surface area contributed by atoms with E-state index in [4.69, 9.17) is 22.9 Å². The van der Waals surface area contributed by atoms with Crippen molar-refractivity contribution in [3.05, 3.63) is 0 Å². The molecule has 0 unspecified atom stereocenters. The molecule has 5 amide bonds. The van der Waals surface area contributed by atoms with Gasteiger partial charge >= 0.3 is 5.97 Å². The molecule has 1 heterocycles. The van der Waals surface area contributed by atoms with Gasteiger partial charge in [-0.3, -0.25) is 29.0 Å². The molecular weight excluding hydrogens is 612 g/mol. The van der Waals surface area contributed by atoms with Crippen molar-refractivity contribution in [1.29, 1.82) is 0 Å². The molecule has 0 aromatic heterocycles. The van der Waals surface area contributed by atoms with Crippen LogP contribution in [0, 0.1) is 0 Å². The summed E-state index contributed by atoms with van der Waals surface area (Å²) in [4.78, 5) is 81.3. The van der Waals surface area contributed by atoms with Crippen LogP contribution in [-0.4, -0.2) is 125 Å². The lowest BCUT2D eigenvalue weighted by atomic mass is 10.1. The zero-order valence-corrected chi connectivity index (χ0v) is 26.3. The second-order valence-electron chi connectivity index (χ2n) is 10.6. The van der Waals surface area contributed by atoms with Gasteiger partial charge in [-0.15, -0.1) is 0 Å². The number of guanidine groups is 1. The number of unbranched alkanes of at least 4 members (excludes halogenated alkanes) is 1. The second-order valence-corrected chi connectivity index (χ2v) is 11.0. The molecule has 256 valence electrons. The van der Waals surface area contributed by atoms with Crippen LogP contribution >= 0.6 is 12.6 Å².